The van der Waals surface area contributed by atoms with E-state index in [1.54, 1.807) is 30.3 Å². The second-order valence-electron chi connectivity index (χ2n) is 3.24. The third-order valence-corrected chi connectivity index (χ3v) is 1.96. The molecule has 1 heterocycles. The molecule has 0 radical (unpaired) electrons. The van der Waals surface area contributed by atoms with Crippen molar-refractivity contribution < 1.29 is 4.74 Å². The van der Waals surface area contributed by atoms with Gasteiger partial charge in [-0.05, 0) is 25.1 Å². The lowest BCUT2D eigenvalue weighted by atomic mass is 10.2. The van der Waals surface area contributed by atoms with Crippen molar-refractivity contribution in [3.05, 3.63) is 47.9 Å². The van der Waals surface area contributed by atoms with Gasteiger partial charge in [0, 0.05) is 11.8 Å². The van der Waals surface area contributed by atoms with Crippen LogP contribution in [0.15, 0.2) is 36.7 Å². The average Bonchev–Trinajstić information content (AvgIpc) is 2.29. The van der Waals surface area contributed by atoms with E-state index in [1.165, 1.54) is 6.33 Å². The summed E-state index contributed by atoms with van der Waals surface area (Å²) in [6.45, 7) is 1.86. The number of nitrogens with zero attached hydrogens (tertiary/aromatic N) is 3. The van der Waals surface area contributed by atoms with Crippen LogP contribution in [0.4, 0.5) is 0 Å². The maximum Gasteiger partial charge on any atom is 0.222 e. The van der Waals surface area contributed by atoms with Crippen molar-refractivity contribution in [1.29, 1.82) is 5.26 Å². The van der Waals surface area contributed by atoms with Gasteiger partial charge in [-0.15, -0.1) is 0 Å². The number of aromatic nitrogens is 2. The van der Waals surface area contributed by atoms with Gasteiger partial charge in [0.2, 0.25) is 5.88 Å². The third-order valence-electron chi connectivity index (χ3n) is 1.96. The lowest BCUT2D eigenvalue weighted by Crippen LogP contribution is -1.90. The van der Waals surface area contributed by atoms with E-state index in [0.717, 1.165) is 5.69 Å². The van der Waals surface area contributed by atoms with Crippen LogP contribution < -0.4 is 4.74 Å². The topological polar surface area (TPSA) is 58.8 Å². The zero-order valence-electron chi connectivity index (χ0n) is 8.71. The minimum Gasteiger partial charge on any atom is -0.439 e. The number of nitriles is 1. The standard InChI is InChI=1S/C12H9N3O/c1-9-5-12(15-8-14-9)16-11-4-2-3-10(6-11)7-13/h2-6,8H,1H3. The summed E-state index contributed by atoms with van der Waals surface area (Å²) in [5.74, 6) is 1.07. The van der Waals surface area contributed by atoms with Crippen LogP contribution in [0.3, 0.4) is 0 Å². The average molecular weight is 211 g/mol. The fourth-order valence-electron chi connectivity index (χ4n) is 1.24. The van der Waals surface area contributed by atoms with Gasteiger partial charge in [-0.1, -0.05) is 6.07 Å². The summed E-state index contributed by atoms with van der Waals surface area (Å²) in [5.41, 5.74) is 1.39. The van der Waals surface area contributed by atoms with Crippen molar-refractivity contribution in [2.75, 3.05) is 0 Å². The number of hydrogen-bond acceptors (Lipinski definition) is 4. The Morgan fingerprint density at radius 3 is 2.88 bits per heavy atom. The molecule has 0 aliphatic rings. The molecule has 1 aromatic heterocycles. The lowest BCUT2D eigenvalue weighted by Gasteiger charge is -2.04. The van der Waals surface area contributed by atoms with Crippen LogP contribution in [-0.2, 0) is 0 Å². The van der Waals surface area contributed by atoms with Crippen LogP contribution in [-0.4, -0.2) is 9.97 Å². The molecule has 78 valence electrons. The van der Waals surface area contributed by atoms with Gasteiger partial charge in [0.05, 0.1) is 11.6 Å². The summed E-state index contributed by atoms with van der Waals surface area (Å²) < 4.78 is 5.50. The van der Waals surface area contributed by atoms with E-state index in [9.17, 15) is 0 Å². The zero-order valence-corrected chi connectivity index (χ0v) is 8.71. The van der Waals surface area contributed by atoms with Gasteiger partial charge in [0.25, 0.3) is 0 Å². The Hall–Kier alpha value is -2.41. The first-order chi connectivity index (χ1) is 7.78. The third kappa shape index (κ3) is 2.34. The molecule has 0 saturated heterocycles. The lowest BCUT2D eigenvalue weighted by molar-refractivity contribution is 0.460. The van der Waals surface area contributed by atoms with Crippen molar-refractivity contribution >= 4 is 0 Å². The number of ether oxygens (including phenoxy) is 1. The van der Waals surface area contributed by atoms with E-state index in [4.69, 9.17) is 10.00 Å². The Kier molecular flexibility index (Phi) is 2.79. The molecule has 0 bridgehead atoms. The number of rotatable bonds is 2. The molecule has 0 spiro atoms. The van der Waals surface area contributed by atoms with Gasteiger partial charge >= 0.3 is 0 Å². The second kappa shape index (κ2) is 4.41. The fourth-order valence-corrected chi connectivity index (χ4v) is 1.24. The van der Waals surface area contributed by atoms with Gasteiger partial charge in [0.15, 0.2) is 0 Å². The van der Waals surface area contributed by atoms with Crippen LogP contribution >= 0.6 is 0 Å². The van der Waals surface area contributed by atoms with Crippen molar-refractivity contribution in [3.63, 3.8) is 0 Å². The predicted octanol–water partition coefficient (Wildman–Crippen LogP) is 2.45. The van der Waals surface area contributed by atoms with E-state index < -0.39 is 0 Å². The van der Waals surface area contributed by atoms with Gasteiger partial charge in [-0.25, -0.2) is 9.97 Å². The zero-order chi connectivity index (χ0) is 11.4. The molecular weight excluding hydrogens is 202 g/mol. The Labute approximate surface area is 93.2 Å². The largest absolute Gasteiger partial charge is 0.439 e. The van der Waals surface area contributed by atoms with E-state index in [2.05, 4.69) is 16.0 Å². The van der Waals surface area contributed by atoms with Crippen LogP contribution in [0.25, 0.3) is 0 Å². The van der Waals surface area contributed by atoms with Gasteiger partial charge in [0.1, 0.15) is 12.1 Å². The molecule has 0 unspecified atom stereocenters. The molecule has 0 saturated carbocycles. The van der Waals surface area contributed by atoms with Crippen molar-refractivity contribution in [2.45, 2.75) is 6.92 Å². The molecule has 0 aliphatic heterocycles. The second-order valence-corrected chi connectivity index (χ2v) is 3.24. The minimum absolute atomic E-state index is 0.475. The van der Waals surface area contributed by atoms with Crippen LogP contribution in [0.2, 0.25) is 0 Å². The maximum absolute atomic E-state index is 8.74. The van der Waals surface area contributed by atoms with Gasteiger partial charge in [-0.3, -0.25) is 0 Å². The van der Waals surface area contributed by atoms with E-state index >= 15 is 0 Å². The quantitative estimate of drug-likeness (QED) is 0.765. The first kappa shape index (κ1) is 10.1. The highest BCUT2D eigenvalue weighted by atomic mass is 16.5. The normalized spacial score (nSPS) is 9.50. The van der Waals surface area contributed by atoms with Gasteiger partial charge in [-0.2, -0.15) is 5.26 Å². The summed E-state index contributed by atoms with van der Waals surface area (Å²) in [4.78, 5) is 7.95. The van der Waals surface area contributed by atoms with Crippen molar-refractivity contribution in [1.82, 2.24) is 9.97 Å². The van der Waals surface area contributed by atoms with E-state index in [0.29, 0.717) is 17.2 Å². The van der Waals surface area contributed by atoms with Gasteiger partial charge < -0.3 is 4.74 Å². The smallest absolute Gasteiger partial charge is 0.222 e. The summed E-state index contributed by atoms with van der Waals surface area (Å²) in [5, 5.41) is 8.74. The van der Waals surface area contributed by atoms with Crippen molar-refractivity contribution in [2.24, 2.45) is 0 Å². The summed E-state index contributed by atoms with van der Waals surface area (Å²) in [7, 11) is 0. The van der Waals surface area contributed by atoms with Crippen LogP contribution in [0.1, 0.15) is 11.3 Å². The first-order valence-electron chi connectivity index (χ1n) is 4.74. The molecule has 0 N–H and O–H groups in total. The van der Waals surface area contributed by atoms with Crippen LogP contribution in [0.5, 0.6) is 11.6 Å². The maximum atomic E-state index is 8.74. The Morgan fingerprint density at radius 1 is 1.25 bits per heavy atom. The molecule has 0 aliphatic carbocycles. The SMILES string of the molecule is Cc1cc(Oc2cccc(C#N)c2)ncn1. The number of benzene rings is 1. The predicted molar refractivity (Wildman–Crippen MR) is 58.0 cm³/mol. The Morgan fingerprint density at radius 2 is 2.12 bits per heavy atom. The highest BCUT2D eigenvalue weighted by Gasteiger charge is 2.00. The minimum atomic E-state index is 0.475. The molecule has 1 aromatic carbocycles. The monoisotopic (exact) mass is 211 g/mol. The van der Waals surface area contributed by atoms with Crippen LogP contribution in [0, 0.1) is 18.3 Å². The molecule has 16 heavy (non-hydrogen) atoms. The summed E-state index contributed by atoms with van der Waals surface area (Å²) in [6, 6.07) is 10.7. The Balaban J connectivity index is 2.24. The van der Waals surface area contributed by atoms with Crippen molar-refractivity contribution in [3.8, 4) is 17.7 Å². The molecule has 0 amide bonds. The van der Waals surface area contributed by atoms with E-state index in [-0.39, 0.29) is 0 Å². The number of hydrogen-bond donors (Lipinski definition) is 0. The molecule has 4 nitrogen and oxygen atoms in total. The number of aryl methyl sites for hydroxylation is 1. The highest BCUT2D eigenvalue weighted by molar-refractivity contribution is 5.37. The molecule has 4 heteroatoms. The molecule has 2 rings (SSSR count). The highest BCUT2D eigenvalue weighted by Crippen LogP contribution is 2.19. The summed E-state index contributed by atoms with van der Waals surface area (Å²) >= 11 is 0. The van der Waals surface area contributed by atoms with E-state index in [1.807, 2.05) is 6.92 Å². The fraction of sp³-hybridized carbons (Fsp3) is 0.0833. The molecule has 0 atom stereocenters. The Bertz CT molecular complexity index is 546. The summed E-state index contributed by atoms with van der Waals surface area (Å²) in [6.07, 6.45) is 1.44. The molecular formula is C12H9N3O. The molecule has 2 aromatic rings. The molecule has 0 fully saturated rings. The first-order valence-corrected chi connectivity index (χ1v) is 4.74.